The molecule has 4 rings (SSSR count). The molecule has 0 saturated carbocycles. The van der Waals surface area contributed by atoms with Crippen molar-refractivity contribution in [1.82, 2.24) is 0 Å². The van der Waals surface area contributed by atoms with E-state index in [0.717, 1.165) is 22.3 Å². The highest BCUT2D eigenvalue weighted by atomic mass is 31.2. The van der Waals surface area contributed by atoms with Crippen LogP contribution in [0.4, 0.5) is 0 Å². The molecular formula is C26H24O6P2. The maximum Gasteiger partial charge on any atom is 0.391 e. The van der Waals surface area contributed by atoms with Crippen LogP contribution in [0, 0.1) is 0 Å². The summed E-state index contributed by atoms with van der Waals surface area (Å²) in [6, 6.07) is 30.6. The molecule has 8 heteroatoms. The molecule has 0 heterocycles. The monoisotopic (exact) mass is 494 g/mol. The van der Waals surface area contributed by atoms with Crippen LogP contribution in [0.2, 0.25) is 0 Å². The van der Waals surface area contributed by atoms with Gasteiger partial charge in [0.15, 0.2) is 0 Å². The average Bonchev–Trinajstić information content (AvgIpc) is 2.82. The maximum atomic E-state index is 9.67. The summed E-state index contributed by atoms with van der Waals surface area (Å²) in [5.41, 5.74) is 5.31. The van der Waals surface area contributed by atoms with E-state index in [9.17, 15) is 19.6 Å². The van der Waals surface area contributed by atoms with Crippen molar-refractivity contribution >= 4 is 17.2 Å². The van der Waals surface area contributed by atoms with Gasteiger partial charge in [-0.25, -0.2) is 0 Å². The Hall–Kier alpha value is -2.82. The summed E-state index contributed by atoms with van der Waals surface area (Å²) in [6.07, 6.45) is 1.20. The summed E-state index contributed by atoms with van der Waals surface area (Å²) in [4.78, 5) is 38.4. The van der Waals surface area contributed by atoms with Crippen LogP contribution in [-0.4, -0.2) is 19.6 Å². The van der Waals surface area contributed by atoms with Gasteiger partial charge in [0.25, 0.3) is 0 Å². The first-order chi connectivity index (χ1) is 16.5. The third-order valence-corrected chi connectivity index (χ3v) is 6.07. The third-order valence-electron chi connectivity index (χ3n) is 5.35. The molecule has 0 spiro atoms. The Kier molecular flexibility index (Phi) is 8.25. The van der Waals surface area contributed by atoms with E-state index in [2.05, 4.69) is 12.1 Å². The molecule has 174 valence electrons. The van der Waals surface area contributed by atoms with Crippen LogP contribution in [-0.2, 0) is 12.8 Å². The zero-order valence-corrected chi connectivity index (χ0v) is 19.9. The Morgan fingerprint density at radius 1 is 0.529 bits per heavy atom. The maximum absolute atomic E-state index is 9.67. The van der Waals surface area contributed by atoms with Crippen LogP contribution in [0.25, 0.3) is 11.1 Å². The molecule has 4 aromatic rings. The van der Waals surface area contributed by atoms with E-state index in [4.69, 9.17) is 9.05 Å². The fourth-order valence-electron chi connectivity index (χ4n) is 3.95. The molecule has 0 saturated heterocycles. The molecule has 0 bridgehead atoms. The zero-order chi connectivity index (χ0) is 23.9. The van der Waals surface area contributed by atoms with Crippen molar-refractivity contribution in [2.75, 3.05) is 0 Å². The van der Waals surface area contributed by atoms with Gasteiger partial charge >= 0.3 is 17.2 Å². The van der Waals surface area contributed by atoms with Crippen LogP contribution in [0.1, 0.15) is 22.3 Å². The highest BCUT2D eigenvalue weighted by molar-refractivity contribution is 7.40. The lowest BCUT2D eigenvalue weighted by molar-refractivity contribution is 0.372. The molecule has 0 aliphatic carbocycles. The minimum absolute atomic E-state index is 0.259. The summed E-state index contributed by atoms with van der Waals surface area (Å²) < 4.78 is 10.8. The summed E-state index contributed by atoms with van der Waals surface area (Å²) >= 11 is 0. The highest BCUT2D eigenvalue weighted by Gasteiger charge is 2.22. The first-order valence-electron chi connectivity index (χ1n) is 10.5. The Morgan fingerprint density at radius 2 is 1.06 bits per heavy atom. The number of benzene rings is 4. The van der Waals surface area contributed by atoms with E-state index >= 15 is 0 Å². The molecule has 4 N–H and O–H groups in total. The molecule has 0 aromatic heterocycles. The third kappa shape index (κ3) is 6.19. The van der Waals surface area contributed by atoms with Gasteiger partial charge in [-0.05, 0) is 47.2 Å². The van der Waals surface area contributed by atoms with Crippen molar-refractivity contribution in [3.05, 3.63) is 119 Å². The second kappa shape index (κ2) is 11.5. The predicted molar refractivity (Wildman–Crippen MR) is 134 cm³/mol. The molecule has 0 atom stereocenters. The summed E-state index contributed by atoms with van der Waals surface area (Å²) in [5.74, 6) is 0.532. The Morgan fingerprint density at radius 3 is 1.68 bits per heavy atom. The van der Waals surface area contributed by atoms with Crippen molar-refractivity contribution in [3.63, 3.8) is 0 Å². The molecule has 0 amide bonds. The van der Waals surface area contributed by atoms with Gasteiger partial charge in [-0.3, -0.25) is 0 Å². The van der Waals surface area contributed by atoms with Gasteiger partial charge in [-0.15, -0.1) is 0 Å². The fraction of sp³-hybridized carbons (Fsp3) is 0.0769. The first-order valence-corrected chi connectivity index (χ1v) is 12.9. The van der Waals surface area contributed by atoms with Crippen molar-refractivity contribution < 1.29 is 28.6 Å². The standard InChI is InChI=1S/C26H24O6P2/c27-33(28)31-24-14-8-7-13-22(24)26-23(18-20-11-5-2-6-12-20)21(15-16-25(26)32-34(29)30)17-19-9-3-1-4-10-19/h1-16,27-30H,17-18H2. The topological polar surface area (TPSA) is 99.4 Å². The van der Waals surface area contributed by atoms with Crippen LogP contribution >= 0.6 is 17.2 Å². The van der Waals surface area contributed by atoms with Gasteiger partial charge in [0, 0.05) is 11.1 Å². The molecule has 0 aliphatic rings. The SMILES string of the molecule is OP(O)Oc1ccccc1-c1c(OP(O)O)ccc(Cc2ccccc2)c1Cc1ccccc1. The molecule has 0 unspecified atom stereocenters. The molecule has 4 aromatic carbocycles. The summed E-state index contributed by atoms with van der Waals surface area (Å²) in [7, 11) is -5.32. The first kappa shape index (κ1) is 24.3. The second-order valence-corrected chi connectivity index (χ2v) is 8.96. The van der Waals surface area contributed by atoms with Crippen molar-refractivity contribution in [2.24, 2.45) is 0 Å². The van der Waals surface area contributed by atoms with E-state index in [1.54, 1.807) is 30.3 Å². The molecule has 0 aliphatic heterocycles. The number of hydrogen-bond donors (Lipinski definition) is 4. The quantitative estimate of drug-likeness (QED) is 0.222. The van der Waals surface area contributed by atoms with E-state index < -0.39 is 17.2 Å². The smallest absolute Gasteiger partial charge is 0.391 e. The van der Waals surface area contributed by atoms with Gasteiger partial charge in [0.2, 0.25) is 0 Å². The molecule has 6 nitrogen and oxygen atoms in total. The van der Waals surface area contributed by atoms with Crippen LogP contribution < -0.4 is 9.05 Å². The van der Waals surface area contributed by atoms with Crippen LogP contribution in [0.15, 0.2) is 97.1 Å². The number of para-hydroxylation sites is 1. The lowest BCUT2D eigenvalue weighted by Crippen LogP contribution is -2.03. The number of rotatable bonds is 9. The highest BCUT2D eigenvalue weighted by Crippen LogP contribution is 2.46. The molecule has 0 fully saturated rings. The zero-order valence-electron chi connectivity index (χ0n) is 18.2. The largest absolute Gasteiger partial charge is 0.426 e. The molecule has 34 heavy (non-hydrogen) atoms. The normalized spacial score (nSPS) is 11.1. The molecule has 0 radical (unpaired) electrons. The van der Waals surface area contributed by atoms with E-state index in [1.807, 2.05) is 54.6 Å². The van der Waals surface area contributed by atoms with Gasteiger partial charge in [0.05, 0.1) is 0 Å². The van der Waals surface area contributed by atoms with Gasteiger partial charge in [0.1, 0.15) is 11.5 Å². The van der Waals surface area contributed by atoms with Crippen molar-refractivity contribution in [3.8, 4) is 22.6 Å². The Bertz CT molecular complexity index is 1220. The van der Waals surface area contributed by atoms with Gasteiger partial charge < -0.3 is 28.6 Å². The van der Waals surface area contributed by atoms with Gasteiger partial charge in [-0.1, -0.05) is 84.9 Å². The predicted octanol–water partition coefficient (Wildman–Crippen LogP) is 5.72. The Labute approximate surface area is 200 Å². The lowest BCUT2D eigenvalue weighted by Gasteiger charge is -2.22. The minimum atomic E-state index is -2.67. The van der Waals surface area contributed by atoms with E-state index in [-0.39, 0.29) is 11.5 Å². The second-order valence-electron chi connectivity index (χ2n) is 7.59. The van der Waals surface area contributed by atoms with Crippen LogP contribution in [0.3, 0.4) is 0 Å². The summed E-state index contributed by atoms with van der Waals surface area (Å²) in [6.45, 7) is 0. The van der Waals surface area contributed by atoms with Crippen molar-refractivity contribution in [2.45, 2.75) is 12.8 Å². The van der Waals surface area contributed by atoms with E-state index in [0.29, 0.717) is 24.0 Å². The van der Waals surface area contributed by atoms with Crippen LogP contribution in [0.5, 0.6) is 11.5 Å². The minimum Gasteiger partial charge on any atom is -0.426 e. The van der Waals surface area contributed by atoms with Crippen molar-refractivity contribution in [1.29, 1.82) is 0 Å². The lowest BCUT2D eigenvalue weighted by atomic mass is 9.87. The number of hydrogen-bond acceptors (Lipinski definition) is 6. The summed E-state index contributed by atoms with van der Waals surface area (Å²) in [5, 5.41) is 0. The van der Waals surface area contributed by atoms with Gasteiger partial charge in [-0.2, -0.15) is 0 Å². The Balaban J connectivity index is 1.94. The van der Waals surface area contributed by atoms with E-state index in [1.165, 1.54) is 0 Å². The molecular weight excluding hydrogens is 470 g/mol. The fourth-order valence-corrected chi connectivity index (χ4v) is 4.62. The average molecular weight is 494 g/mol.